The molecule has 0 spiro atoms. The molecule has 0 rings (SSSR count). The summed E-state index contributed by atoms with van der Waals surface area (Å²) in [7, 11) is 3.49. The minimum Gasteiger partial charge on any atom is -0.312 e. The second-order valence-corrected chi connectivity index (χ2v) is 1.77. The van der Waals surface area contributed by atoms with E-state index in [2.05, 4.69) is 0 Å². The molecule has 1 unspecified atom stereocenters. The van der Waals surface area contributed by atoms with E-state index in [1.807, 2.05) is 14.8 Å². The Morgan fingerprint density at radius 2 is 2.00 bits per heavy atom. The first-order valence-electron chi connectivity index (χ1n) is 2.15. The van der Waals surface area contributed by atoms with Crippen LogP contribution >= 0.6 is 0 Å². The molecule has 0 aromatic rings. The molecular formula is C3H8B2O. The molecule has 0 aliphatic carbocycles. The molecule has 0 heterocycles. The summed E-state index contributed by atoms with van der Waals surface area (Å²) in [4.78, 5) is 10.1. The Labute approximate surface area is 39.9 Å². The summed E-state index contributed by atoms with van der Waals surface area (Å²) >= 11 is 0. The van der Waals surface area contributed by atoms with Crippen LogP contribution in [0.1, 0.15) is 6.92 Å². The molecule has 0 aliphatic heterocycles. The maximum atomic E-state index is 10.1. The summed E-state index contributed by atoms with van der Waals surface area (Å²) in [5.41, 5.74) is 0.259. The van der Waals surface area contributed by atoms with E-state index >= 15 is 0 Å². The highest BCUT2D eigenvalue weighted by Crippen LogP contribution is 1.90. The van der Waals surface area contributed by atoms with Crippen molar-refractivity contribution in [1.29, 1.82) is 0 Å². The van der Waals surface area contributed by atoms with Gasteiger partial charge in [-0.05, 0) is 5.82 Å². The van der Waals surface area contributed by atoms with Gasteiger partial charge in [-0.1, -0.05) is 6.92 Å². The molecule has 3 heteroatoms. The van der Waals surface area contributed by atoms with Gasteiger partial charge in [0.2, 0.25) is 0 Å². The average molecular weight is 81.7 g/mol. The average Bonchev–Trinajstić information content (AvgIpc) is 1.36. The quantitative estimate of drug-likeness (QED) is 0.355. The Hall–Kier alpha value is -0.200. The molecule has 0 aliphatic rings. The van der Waals surface area contributed by atoms with Crippen LogP contribution in [0.5, 0.6) is 0 Å². The van der Waals surface area contributed by atoms with Crippen LogP contribution in [-0.4, -0.2) is 21.4 Å². The maximum Gasteiger partial charge on any atom is 0.186 e. The summed E-state index contributed by atoms with van der Waals surface area (Å²) < 4.78 is 0. The van der Waals surface area contributed by atoms with E-state index in [0.29, 0.717) is 0 Å². The number of rotatable bonds is 1. The van der Waals surface area contributed by atoms with Crippen molar-refractivity contribution in [2.75, 3.05) is 0 Å². The van der Waals surface area contributed by atoms with Crippen molar-refractivity contribution in [2.45, 2.75) is 12.7 Å². The molecule has 1 nitrogen and oxygen atoms in total. The van der Waals surface area contributed by atoms with Gasteiger partial charge in [0.05, 0.1) is 5.68 Å². The van der Waals surface area contributed by atoms with Crippen LogP contribution < -0.4 is 0 Å². The first kappa shape index (κ1) is 5.80. The van der Waals surface area contributed by atoms with E-state index in [1.165, 1.54) is 0 Å². The molecule has 0 aromatic carbocycles. The van der Waals surface area contributed by atoms with Crippen LogP contribution in [0.25, 0.3) is 0 Å². The third kappa shape index (κ3) is 2.06. The molecule has 1 atom stereocenters. The van der Waals surface area contributed by atoms with Crippen molar-refractivity contribution in [2.24, 2.45) is 0 Å². The van der Waals surface area contributed by atoms with Crippen molar-refractivity contribution in [1.82, 2.24) is 0 Å². The van der Waals surface area contributed by atoms with Crippen molar-refractivity contribution >= 4 is 21.4 Å². The summed E-state index contributed by atoms with van der Waals surface area (Å²) in [6.45, 7) is 1.89. The van der Waals surface area contributed by atoms with E-state index in [1.54, 1.807) is 7.85 Å². The number of hydrogen-bond donors (Lipinski definition) is 0. The molecular weight excluding hydrogens is 73.7 g/mol. The van der Waals surface area contributed by atoms with Crippen LogP contribution in [0, 0.1) is 0 Å². The Bertz CT molecular complexity index is 59.8. The van der Waals surface area contributed by atoms with Crippen LogP contribution in [0.4, 0.5) is 0 Å². The molecule has 0 saturated carbocycles. The maximum absolute atomic E-state index is 10.1. The number of hydrogen-bond acceptors (Lipinski definition) is 1. The van der Waals surface area contributed by atoms with Gasteiger partial charge in [-0.3, -0.25) is 0 Å². The van der Waals surface area contributed by atoms with E-state index in [0.717, 1.165) is 0 Å². The smallest absolute Gasteiger partial charge is 0.186 e. The standard InChI is InChI=1S/C3H8B2O/c1-2(4)3(5)6/h2H,4-5H2,1H3. The van der Waals surface area contributed by atoms with Gasteiger partial charge in [-0.25, -0.2) is 0 Å². The zero-order valence-corrected chi connectivity index (χ0v) is 4.49. The van der Waals surface area contributed by atoms with Crippen LogP contribution in [-0.2, 0) is 4.79 Å². The molecule has 0 bridgehead atoms. The van der Waals surface area contributed by atoms with Gasteiger partial charge in [-0.2, -0.15) is 0 Å². The predicted octanol–water partition coefficient (Wildman–Crippen LogP) is -1.41. The lowest BCUT2D eigenvalue weighted by Crippen LogP contribution is -2.02. The number of carbonyl (C=O) groups is 1. The monoisotopic (exact) mass is 82.1 g/mol. The lowest BCUT2D eigenvalue weighted by molar-refractivity contribution is -0.111. The van der Waals surface area contributed by atoms with Crippen molar-refractivity contribution in [3.8, 4) is 0 Å². The molecule has 32 valence electrons. The highest BCUT2D eigenvalue weighted by molar-refractivity contribution is 6.63. The highest BCUT2D eigenvalue weighted by atomic mass is 16.1. The zero-order valence-electron chi connectivity index (χ0n) is 4.49. The fourth-order valence-electron chi connectivity index (χ4n) is 0. The fraction of sp³-hybridized carbons (Fsp3) is 0.667. The minimum absolute atomic E-state index is 0.213. The summed E-state index contributed by atoms with van der Waals surface area (Å²) in [5.74, 6) is 0.213. The van der Waals surface area contributed by atoms with Gasteiger partial charge in [0, 0.05) is 0 Å². The van der Waals surface area contributed by atoms with Gasteiger partial charge in [0.25, 0.3) is 0 Å². The van der Waals surface area contributed by atoms with Gasteiger partial charge in [0.1, 0.15) is 7.85 Å². The van der Waals surface area contributed by atoms with Crippen LogP contribution in [0.2, 0.25) is 5.82 Å². The molecule has 0 N–H and O–H groups in total. The van der Waals surface area contributed by atoms with Crippen molar-refractivity contribution in [3.05, 3.63) is 0 Å². The first-order chi connectivity index (χ1) is 2.64. The number of carbonyl (C=O) groups excluding carboxylic acids is 1. The summed E-state index contributed by atoms with van der Waals surface area (Å²) in [6.07, 6.45) is 0. The minimum atomic E-state index is 0.213. The van der Waals surface area contributed by atoms with E-state index in [-0.39, 0.29) is 11.5 Å². The summed E-state index contributed by atoms with van der Waals surface area (Å²) in [6, 6.07) is 0. The van der Waals surface area contributed by atoms with Crippen molar-refractivity contribution in [3.63, 3.8) is 0 Å². The predicted molar refractivity (Wildman–Crippen MR) is 31.5 cm³/mol. The molecule has 6 heavy (non-hydrogen) atoms. The highest BCUT2D eigenvalue weighted by Gasteiger charge is 1.95. The third-order valence-corrected chi connectivity index (χ3v) is 0.813. The Morgan fingerprint density at radius 3 is 2.00 bits per heavy atom. The Kier molecular flexibility index (Phi) is 1.99. The lowest BCUT2D eigenvalue weighted by atomic mass is 9.77. The second-order valence-electron chi connectivity index (χ2n) is 1.77. The zero-order chi connectivity index (χ0) is 5.15. The van der Waals surface area contributed by atoms with E-state index < -0.39 is 0 Å². The van der Waals surface area contributed by atoms with Gasteiger partial charge in [0.15, 0.2) is 7.85 Å². The fourth-order valence-corrected chi connectivity index (χ4v) is 0. The second kappa shape index (κ2) is 2.06. The molecule has 0 saturated heterocycles. The first-order valence-corrected chi connectivity index (χ1v) is 2.15. The summed E-state index contributed by atoms with van der Waals surface area (Å²) in [5, 5.41) is 0. The molecule has 0 fully saturated rings. The van der Waals surface area contributed by atoms with Gasteiger partial charge in [-0.15, -0.1) is 0 Å². The van der Waals surface area contributed by atoms with Crippen LogP contribution in [0.3, 0.4) is 0 Å². The largest absolute Gasteiger partial charge is 0.312 e. The van der Waals surface area contributed by atoms with Crippen molar-refractivity contribution < 1.29 is 4.79 Å². The van der Waals surface area contributed by atoms with Crippen LogP contribution in [0.15, 0.2) is 0 Å². The lowest BCUT2D eigenvalue weighted by Gasteiger charge is -1.90. The van der Waals surface area contributed by atoms with E-state index in [9.17, 15) is 4.79 Å². The Morgan fingerprint density at radius 1 is 1.83 bits per heavy atom. The normalized spacial score (nSPS) is 13.5. The van der Waals surface area contributed by atoms with Gasteiger partial charge < -0.3 is 4.79 Å². The Balaban J connectivity index is 3.26. The van der Waals surface area contributed by atoms with E-state index in [4.69, 9.17) is 0 Å². The SMILES string of the molecule is BC(=O)C(B)C. The molecule has 0 amide bonds. The third-order valence-electron chi connectivity index (χ3n) is 0.813. The van der Waals surface area contributed by atoms with Gasteiger partial charge >= 0.3 is 0 Å². The molecule has 0 aromatic heterocycles. The topological polar surface area (TPSA) is 17.1 Å². The molecule has 0 radical (unpaired) electrons.